The summed E-state index contributed by atoms with van der Waals surface area (Å²) >= 11 is 1.33. The van der Waals surface area contributed by atoms with Crippen LogP contribution in [0.5, 0.6) is 0 Å². The Morgan fingerprint density at radius 2 is 2.26 bits per heavy atom. The number of ether oxygens (including phenoxy) is 1. The number of nitrogens with zero attached hydrogens (tertiary/aromatic N) is 1. The first-order valence-corrected chi connectivity index (χ1v) is 6.81. The van der Waals surface area contributed by atoms with Crippen molar-refractivity contribution in [2.45, 2.75) is 32.8 Å². The Bertz CT molecular complexity index is 480. The average Bonchev–Trinajstić information content (AvgIpc) is 2.69. The molecular formula is C13H19N3O2S. The summed E-state index contributed by atoms with van der Waals surface area (Å²) in [6.07, 6.45) is 1.92. The molecule has 1 aromatic rings. The van der Waals surface area contributed by atoms with Crippen molar-refractivity contribution in [3.8, 4) is 11.8 Å². The SMILES string of the molecule is CNCCC#Cc1cnc(NC(=O)OC(C)(C)C)s1. The summed E-state index contributed by atoms with van der Waals surface area (Å²) in [5.41, 5.74) is -0.517. The quantitative estimate of drug-likeness (QED) is 0.660. The average molecular weight is 281 g/mol. The lowest BCUT2D eigenvalue weighted by Crippen LogP contribution is -2.27. The normalized spacial score (nSPS) is 10.5. The van der Waals surface area contributed by atoms with Crippen LogP contribution in [0.25, 0.3) is 0 Å². The van der Waals surface area contributed by atoms with Gasteiger partial charge in [0, 0.05) is 13.0 Å². The maximum absolute atomic E-state index is 11.5. The number of hydrogen-bond donors (Lipinski definition) is 2. The second-order valence-electron chi connectivity index (χ2n) is 4.81. The second kappa shape index (κ2) is 7.12. The van der Waals surface area contributed by atoms with Crippen molar-refractivity contribution in [3.05, 3.63) is 11.1 Å². The van der Waals surface area contributed by atoms with Crippen LogP contribution in [-0.4, -0.2) is 30.3 Å². The molecule has 1 heterocycles. The number of carbonyl (C=O) groups is 1. The highest BCUT2D eigenvalue weighted by Crippen LogP contribution is 2.18. The molecule has 2 N–H and O–H groups in total. The van der Waals surface area contributed by atoms with Gasteiger partial charge in [0.1, 0.15) is 5.60 Å². The van der Waals surface area contributed by atoms with Gasteiger partial charge in [-0.3, -0.25) is 5.32 Å². The van der Waals surface area contributed by atoms with Crippen LogP contribution in [0.4, 0.5) is 9.93 Å². The first-order chi connectivity index (χ1) is 8.90. The second-order valence-corrected chi connectivity index (χ2v) is 5.84. The molecule has 0 saturated carbocycles. The molecule has 5 nitrogen and oxygen atoms in total. The van der Waals surface area contributed by atoms with Crippen molar-refractivity contribution in [1.29, 1.82) is 0 Å². The molecule has 1 rings (SSSR count). The molecule has 19 heavy (non-hydrogen) atoms. The fourth-order valence-corrected chi connectivity index (χ4v) is 1.79. The number of anilines is 1. The standard InChI is InChI=1S/C13H19N3O2S/c1-13(2,3)18-12(17)16-11-15-9-10(19-11)7-5-6-8-14-4/h9,14H,6,8H2,1-4H3,(H,15,16,17). The Balaban J connectivity index is 2.50. The van der Waals surface area contributed by atoms with E-state index < -0.39 is 11.7 Å². The molecule has 1 aromatic heterocycles. The minimum absolute atomic E-state index is 0.493. The largest absolute Gasteiger partial charge is 0.444 e. The lowest BCUT2D eigenvalue weighted by molar-refractivity contribution is 0.0636. The molecule has 104 valence electrons. The van der Waals surface area contributed by atoms with Gasteiger partial charge in [-0.25, -0.2) is 9.78 Å². The first kappa shape index (κ1) is 15.5. The minimum Gasteiger partial charge on any atom is -0.444 e. The fraction of sp³-hybridized carbons (Fsp3) is 0.538. The van der Waals surface area contributed by atoms with Gasteiger partial charge in [-0.05, 0) is 27.8 Å². The van der Waals surface area contributed by atoms with Crippen LogP contribution in [0.3, 0.4) is 0 Å². The molecule has 0 unspecified atom stereocenters. The lowest BCUT2D eigenvalue weighted by Gasteiger charge is -2.18. The van der Waals surface area contributed by atoms with E-state index in [1.54, 1.807) is 6.20 Å². The highest BCUT2D eigenvalue weighted by atomic mass is 32.1. The molecule has 0 aliphatic rings. The van der Waals surface area contributed by atoms with Crippen LogP contribution in [0, 0.1) is 11.8 Å². The van der Waals surface area contributed by atoms with E-state index in [1.165, 1.54) is 11.3 Å². The predicted octanol–water partition coefficient (Wildman–Crippen LogP) is 2.45. The fourth-order valence-electron chi connectivity index (χ4n) is 1.12. The van der Waals surface area contributed by atoms with E-state index >= 15 is 0 Å². The van der Waals surface area contributed by atoms with Gasteiger partial charge in [0.25, 0.3) is 0 Å². The first-order valence-electron chi connectivity index (χ1n) is 6.00. The molecule has 0 spiro atoms. The van der Waals surface area contributed by atoms with E-state index in [4.69, 9.17) is 4.74 Å². The zero-order valence-electron chi connectivity index (χ0n) is 11.7. The van der Waals surface area contributed by atoms with Gasteiger partial charge in [-0.15, -0.1) is 0 Å². The van der Waals surface area contributed by atoms with Crippen LogP contribution in [-0.2, 0) is 4.74 Å². The number of carbonyl (C=O) groups excluding carboxylic acids is 1. The number of aromatic nitrogens is 1. The van der Waals surface area contributed by atoms with E-state index in [0.717, 1.165) is 17.8 Å². The number of hydrogen-bond acceptors (Lipinski definition) is 5. The van der Waals surface area contributed by atoms with Crippen LogP contribution >= 0.6 is 11.3 Å². The Morgan fingerprint density at radius 1 is 1.53 bits per heavy atom. The molecule has 1 amide bonds. The predicted molar refractivity (Wildman–Crippen MR) is 77.4 cm³/mol. The summed E-state index contributed by atoms with van der Waals surface area (Å²) in [7, 11) is 1.89. The van der Waals surface area contributed by atoms with Crippen LogP contribution < -0.4 is 10.6 Å². The van der Waals surface area contributed by atoms with E-state index in [9.17, 15) is 4.79 Å². The third-order valence-electron chi connectivity index (χ3n) is 1.83. The maximum atomic E-state index is 11.5. The van der Waals surface area contributed by atoms with Gasteiger partial charge in [-0.1, -0.05) is 23.2 Å². The molecule has 6 heteroatoms. The van der Waals surface area contributed by atoms with Gasteiger partial charge >= 0.3 is 6.09 Å². The molecule has 0 atom stereocenters. The van der Waals surface area contributed by atoms with E-state index in [-0.39, 0.29) is 0 Å². The molecule has 0 radical (unpaired) electrons. The zero-order valence-corrected chi connectivity index (χ0v) is 12.5. The number of rotatable bonds is 3. The molecule has 0 fully saturated rings. The summed E-state index contributed by atoms with van der Waals surface area (Å²) in [5.74, 6) is 6.02. The number of amides is 1. The van der Waals surface area contributed by atoms with E-state index in [0.29, 0.717) is 5.13 Å². The zero-order chi connectivity index (χ0) is 14.3. The summed E-state index contributed by atoms with van der Waals surface area (Å²) in [5, 5.41) is 6.10. The summed E-state index contributed by atoms with van der Waals surface area (Å²) in [6.45, 7) is 6.29. The van der Waals surface area contributed by atoms with E-state index in [1.807, 2.05) is 27.8 Å². The molecule has 0 aromatic carbocycles. The summed E-state index contributed by atoms with van der Waals surface area (Å²) in [6, 6.07) is 0. The molecule has 0 saturated heterocycles. The van der Waals surface area contributed by atoms with Gasteiger partial charge in [-0.2, -0.15) is 0 Å². The highest BCUT2D eigenvalue weighted by Gasteiger charge is 2.17. The Morgan fingerprint density at radius 3 is 2.89 bits per heavy atom. The molecule has 0 bridgehead atoms. The number of nitrogens with one attached hydrogen (secondary N) is 2. The van der Waals surface area contributed by atoms with Crippen molar-refractivity contribution in [3.63, 3.8) is 0 Å². The van der Waals surface area contributed by atoms with Gasteiger partial charge in [0.2, 0.25) is 0 Å². The Labute approximate surface area is 117 Å². The van der Waals surface area contributed by atoms with Crippen molar-refractivity contribution in [1.82, 2.24) is 10.3 Å². The topological polar surface area (TPSA) is 63.2 Å². The Hall–Kier alpha value is -1.58. The molecular weight excluding hydrogens is 262 g/mol. The summed E-state index contributed by atoms with van der Waals surface area (Å²) in [4.78, 5) is 16.4. The van der Waals surface area contributed by atoms with E-state index in [2.05, 4.69) is 27.5 Å². The Kier molecular flexibility index (Phi) is 5.80. The maximum Gasteiger partial charge on any atom is 0.413 e. The van der Waals surface area contributed by atoms with Gasteiger partial charge in [0.05, 0.1) is 11.1 Å². The van der Waals surface area contributed by atoms with Crippen molar-refractivity contribution in [2.75, 3.05) is 18.9 Å². The van der Waals surface area contributed by atoms with Crippen molar-refractivity contribution in [2.24, 2.45) is 0 Å². The third-order valence-corrected chi connectivity index (χ3v) is 2.65. The number of thiazole rings is 1. The lowest BCUT2D eigenvalue weighted by atomic mass is 10.2. The third kappa shape index (κ3) is 6.79. The smallest absolute Gasteiger partial charge is 0.413 e. The van der Waals surface area contributed by atoms with Crippen molar-refractivity contribution >= 4 is 22.6 Å². The van der Waals surface area contributed by atoms with Crippen LogP contribution in [0.2, 0.25) is 0 Å². The van der Waals surface area contributed by atoms with Crippen LogP contribution in [0.1, 0.15) is 32.1 Å². The van der Waals surface area contributed by atoms with Gasteiger partial charge < -0.3 is 10.1 Å². The minimum atomic E-state index is -0.517. The van der Waals surface area contributed by atoms with Gasteiger partial charge in [0.15, 0.2) is 5.13 Å². The summed E-state index contributed by atoms with van der Waals surface area (Å²) < 4.78 is 5.14. The van der Waals surface area contributed by atoms with Crippen molar-refractivity contribution < 1.29 is 9.53 Å². The van der Waals surface area contributed by atoms with Crippen LogP contribution in [0.15, 0.2) is 6.20 Å². The molecule has 0 aliphatic heterocycles. The molecule has 0 aliphatic carbocycles. The highest BCUT2D eigenvalue weighted by molar-refractivity contribution is 7.16. The monoisotopic (exact) mass is 281 g/mol.